The molecule has 2 heterocycles. The molecule has 11 heteroatoms. The molecule has 4 rings (SSSR count). The summed E-state index contributed by atoms with van der Waals surface area (Å²) in [6.45, 7) is 0. The standard InChI is InChI=1S/C18H12F3N5O2S/c1-28-13-7-4-8-14-15(13)22-17(29-14)23-16(27)11-9-26(25-24-11)12-6-3-2-5-10(12)18(19,20)21/h2-9H,1H3,(H,22,23,27). The Balaban J connectivity index is 1.60. The molecule has 0 atom stereocenters. The lowest BCUT2D eigenvalue weighted by Crippen LogP contribution is -2.12. The Hall–Kier alpha value is -3.47. The summed E-state index contributed by atoms with van der Waals surface area (Å²) in [4.78, 5) is 16.8. The third kappa shape index (κ3) is 3.63. The predicted octanol–water partition coefficient (Wildman–Crippen LogP) is 4.16. The van der Waals surface area contributed by atoms with Crippen LogP contribution in [-0.2, 0) is 6.18 Å². The number of thiazole rings is 1. The molecule has 0 fully saturated rings. The number of rotatable bonds is 4. The SMILES string of the molecule is COc1cccc2sc(NC(=O)c3cn(-c4ccccc4C(F)(F)F)nn3)nc12. The second-order valence-corrected chi connectivity index (χ2v) is 6.87. The number of nitrogens with one attached hydrogen (secondary N) is 1. The quantitative estimate of drug-likeness (QED) is 0.537. The molecule has 0 saturated carbocycles. The van der Waals surface area contributed by atoms with E-state index in [1.165, 1.54) is 36.6 Å². The maximum atomic E-state index is 13.2. The molecule has 0 aliphatic carbocycles. The Labute approximate surface area is 165 Å². The Morgan fingerprint density at radius 1 is 1.17 bits per heavy atom. The number of carbonyl (C=O) groups excluding carboxylic acids is 1. The Morgan fingerprint density at radius 2 is 1.97 bits per heavy atom. The monoisotopic (exact) mass is 419 g/mol. The minimum absolute atomic E-state index is 0.145. The summed E-state index contributed by atoms with van der Waals surface area (Å²) < 4.78 is 46.5. The van der Waals surface area contributed by atoms with E-state index in [2.05, 4.69) is 20.6 Å². The molecule has 1 amide bonds. The average Bonchev–Trinajstić information content (AvgIpc) is 3.34. The molecule has 0 saturated heterocycles. The van der Waals surface area contributed by atoms with Gasteiger partial charge in [-0.15, -0.1) is 5.10 Å². The summed E-state index contributed by atoms with van der Waals surface area (Å²) in [7, 11) is 1.52. The third-order valence-corrected chi connectivity index (χ3v) is 4.94. The fraction of sp³-hybridized carbons (Fsp3) is 0.111. The fourth-order valence-corrected chi connectivity index (χ4v) is 3.58. The number of halogens is 3. The van der Waals surface area contributed by atoms with Crippen LogP contribution in [-0.4, -0.2) is 33.0 Å². The molecule has 2 aromatic heterocycles. The van der Waals surface area contributed by atoms with Crippen molar-refractivity contribution in [1.29, 1.82) is 0 Å². The summed E-state index contributed by atoms with van der Waals surface area (Å²) in [5, 5.41) is 10.2. The smallest absolute Gasteiger partial charge is 0.418 e. The highest BCUT2D eigenvalue weighted by Crippen LogP contribution is 2.34. The molecule has 0 radical (unpaired) electrons. The molecule has 4 aromatic rings. The lowest BCUT2D eigenvalue weighted by molar-refractivity contribution is -0.137. The van der Waals surface area contributed by atoms with Gasteiger partial charge in [-0.05, 0) is 24.3 Å². The van der Waals surface area contributed by atoms with Crippen molar-refractivity contribution in [1.82, 2.24) is 20.0 Å². The number of carbonyl (C=O) groups is 1. The molecule has 1 N–H and O–H groups in total. The van der Waals surface area contributed by atoms with Gasteiger partial charge in [-0.25, -0.2) is 9.67 Å². The van der Waals surface area contributed by atoms with Crippen LogP contribution in [0.25, 0.3) is 15.9 Å². The highest BCUT2D eigenvalue weighted by atomic mass is 32.1. The highest BCUT2D eigenvalue weighted by Gasteiger charge is 2.34. The first kappa shape index (κ1) is 18.9. The first-order valence-electron chi connectivity index (χ1n) is 8.20. The molecular formula is C18H12F3N5O2S. The number of nitrogens with zero attached hydrogens (tertiary/aromatic N) is 4. The van der Waals surface area contributed by atoms with Crippen molar-refractivity contribution in [2.24, 2.45) is 0 Å². The van der Waals surface area contributed by atoms with Crippen molar-refractivity contribution >= 4 is 32.6 Å². The normalized spacial score (nSPS) is 11.6. The Kier molecular flexibility index (Phi) is 4.66. The van der Waals surface area contributed by atoms with Gasteiger partial charge in [-0.3, -0.25) is 10.1 Å². The third-order valence-electron chi connectivity index (χ3n) is 4.00. The van der Waals surface area contributed by atoms with E-state index >= 15 is 0 Å². The maximum absolute atomic E-state index is 13.2. The highest BCUT2D eigenvalue weighted by molar-refractivity contribution is 7.22. The van der Waals surface area contributed by atoms with Gasteiger partial charge in [0.1, 0.15) is 11.3 Å². The number of ether oxygens (including phenoxy) is 1. The van der Waals surface area contributed by atoms with Gasteiger partial charge in [0.15, 0.2) is 10.8 Å². The van der Waals surface area contributed by atoms with Gasteiger partial charge >= 0.3 is 6.18 Å². The minimum Gasteiger partial charge on any atom is -0.494 e. The van der Waals surface area contributed by atoms with Crippen molar-refractivity contribution in [3.8, 4) is 11.4 Å². The van der Waals surface area contributed by atoms with E-state index in [-0.39, 0.29) is 11.4 Å². The largest absolute Gasteiger partial charge is 0.494 e. The molecule has 0 bridgehead atoms. The summed E-state index contributed by atoms with van der Waals surface area (Å²) in [5.74, 6) is -0.0762. The number of para-hydroxylation sites is 2. The molecule has 0 aliphatic rings. The van der Waals surface area contributed by atoms with Gasteiger partial charge in [-0.1, -0.05) is 34.7 Å². The number of alkyl halides is 3. The summed E-state index contributed by atoms with van der Waals surface area (Å²) in [6, 6.07) is 10.3. The van der Waals surface area contributed by atoms with Crippen molar-refractivity contribution in [3.63, 3.8) is 0 Å². The summed E-state index contributed by atoms with van der Waals surface area (Å²) in [6.07, 6.45) is -3.43. The van der Waals surface area contributed by atoms with Crippen molar-refractivity contribution in [3.05, 3.63) is 59.9 Å². The number of anilines is 1. The Morgan fingerprint density at radius 3 is 2.72 bits per heavy atom. The van der Waals surface area contributed by atoms with Crippen LogP contribution in [0.15, 0.2) is 48.7 Å². The first-order valence-corrected chi connectivity index (χ1v) is 9.02. The number of amides is 1. The van der Waals surface area contributed by atoms with E-state index in [4.69, 9.17) is 4.74 Å². The van der Waals surface area contributed by atoms with Gasteiger partial charge in [0.25, 0.3) is 5.91 Å². The lowest BCUT2D eigenvalue weighted by atomic mass is 10.1. The zero-order valence-corrected chi connectivity index (χ0v) is 15.6. The zero-order chi connectivity index (χ0) is 20.6. The van der Waals surface area contributed by atoms with Crippen LogP contribution < -0.4 is 10.1 Å². The number of hydrogen-bond donors (Lipinski definition) is 1. The molecule has 7 nitrogen and oxygen atoms in total. The van der Waals surface area contributed by atoms with Crippen molar-refractivity contribution in [2.75, 3.05) is 12.4 Å². The van der Waals surface area contributed by atoms with Crippen LogP contribution in [0.4, 0.5) is 18.3 Å². The molecular weight excluding hydrogens is 407 g/mol. The molecule has 0 aliphatic heterocycles. The van der Waals surface area contributed by atoms with Gasteiger partial charge in [0.05, 0.1) is 29.3 Å². The van der Waals surface area contributed by atoms with E-state index in [1.54, 1.807) is 12.1 Å². The minimum atomic E-state index is -4.56. The fourth-order valence-electron chi connectivity index (χ4n) is 2.70. The first-order chi connectivity index (χ1) is 13.9. The van der Waals surface area contributed by atoms with Crippen molar-refractivity contribution < 1.29 is 22.7 Å². The number of aromatic nitrogens is 4. The van der Waals surface area contributed by atoms with Crippen molar-refractivity contribution in [2.45, 2.75) is 6.18 Å². The number of fused-ring (bicyclic) bond motifs is 1. The predicted molar refractivity (Wildman–Crippen MR) is 100 cm³/mol. The van der Waals surface area contributed by atoms with E-state index < -0.39 is 17.6 Å². The van der Waals surface area contributed by atoms with E-state index in [0.717, 1.165) is 21.6 Å². The second-order valence-electron chi connectivity index (χ2n) is 5.84. The van der Waals surface area contributed by atoms with Gasteiger partial charge in [0.2, 0.25) is 0 Å². The summed E-state index contributed by atoms with van der Waals surface area (Å²) in [5.41, 5.74) is -0.655. The van der Waals surface area contributed by atoms with Crippen LogP contribution >= 0.6 is 11.3 Å². The number of hydrogen-bond acceptors (Lipinski definition) is 6. The number of methoxy groups -OCH3 is 1. The van der Waals surface area contributed by atoms with Gasteiger partial charge in [-0.2, -0.15) is 13.2 Å². The van der Waals surface area contributed by atoms with Crippen LogP contribution in [0.3, 0.4) is 0 Å². The van der Waals surface area contributed by atoms with E-state index in [1.807, 2.05) is 6.07 Å². The molecule has 29 heavy (non-hydrogen) atoms. The zero-order valence-electron chi connectivity index (χ0n) is 14.8. The Bertz CT molecular complexity index is 1200. The second kappa shape index (κ2) is 7.17. The molecule has 0 spiro atoms. The van der Waals surface area contributed by atoms with Gasteiger partial charge in [0, 0.05) is 0 Å². The summed E-state index contributed by atoms with van der Waals surface area (Å²) >= 11 is 1.23. The average molecular weight is 419 g/mol. The number of benzene rings is 2. The van der Waals surface area contributed by atoms with Crippen LogP contribution in [0.5, 0.6) is 5.75 Å². The van der Waals surface area contributed by atoms with Crippen LogP contribution in [0, 0.1) is 0 Å². The van der Waals surface area contributed by atoms with Crippen LogP contribution in [0.2, 0.25) is 0 Å². The lowest BCUT2D eigenvalue weighted by Gasteiger charge is -2.11. The molecule has 148 valence electrons. The maximum Gasteiger partial charge on any atom is 0.418 e. The molecule has 2 aromatic carbocycles. The van der Waals surface area contributed by atoms with Gasteiger partial charge < -0.3 is 4.74 Å². The van der Waals surface area contributed by atoms with E-state index in [0.29, 0.717) is 16.4 Å². The molecule has 0 unspecified atom stereocenters. The van der Waals surface area contributed by atoms with E-state index in [9.17, 15) is 18.0 Å². The van der Waals surface area contributed by atoms with Crippen LogP contribution in [0.1, 0.15) is 16.1 Å². The topological polar surface area (TPSA) is 81.9 Å².